The molecule has 1 unspecified atom stereocenters. The first-order valence-corrected chi connectivity index (χ1v) is 12.9. The smallest absolute Gasteiger partial charge is 0.255 e. The van der Waals surface area contributed by atoms with Crippen LogP contribution in [0.3, 0.4) is 0 Å². The van der Waals surface area contributed by atoms with Crippen LogP contribution in [0.1, 0.15) is 67.3 Å². The third-order valence-electron chi connectivity index (χ3n) is 8.71. The van der Waals surface area contributed by atoms with Crippen molar-refractivity contribution in [1.29, 1.82) is 0 Å². The molecule has 5 aliphatic rings. The standard InChI is InChI=1S/C27H35N3O4/c1-18-6-9-23(25(31)28-18)30-15-19-14-20(7-8-21(19)26(30)32)34-24-5-3-2-4-22(24)29-12-10-27(11-13-29)16-33-17-27/h7-8,14,22-24H,1-6,9-13,15-17H2,(H,28,31)/t22-,23?,24-/m1/s1. The Balaban J connectivity index is 1.13. The van der Waals surface area contributed by atoms with Crippen LogP contribution in [0.5, 0.6) is 5.75 Å². The number of fused-ring (bicyclic) bond motifs is 1. The monoisotopic (exact) mass is 465 g/mol. The van der Waals surface area contributed by atoms with Crippen molar-refractivity contribution in [2.45, 2.75) is 76.1 Å². The van der Waals surface area contributed by atoms with Crippen LogP contribution in [0, 0.1) is 5.41 Å². The van der Waals surface area contributed by atoms with Gasteiger partial charge in [0.1, 0.15) is 17.9 Å². The normalized spacial score (nSPS) is 31.2. The van der Waals surface area contributed by atoms with Crippen molar-refractivity contribution in [2.75, 3.05) is 26.3 Å². The highest BCUT2D eigenvalue weighted by atomic mass is 16.5. The van der Waals surface area contributed by atoms with Gasteiger partial charge in [-0.15, -0.1) is 0 Å². The summed E-state index contributed by atoms with van der Waals surface area (Å²) in [6.45, 7) is 8.45. The van der Waals surface area contributed by atoms with Gasteiger partial charge in [0.25, 0.3) is 5.91 Å². The van der Waals surface area contributed by atoms with Crippen molar-refractivity contribution < 1.29 is 19.1 Å². The van der Waals surface area contributed by atoms with Crippen LogP contribution in [0.25, 0.3) is 0 Å². The van der Waals surface area contributed by atoms with Gasteiger partial charge < -0.3 is 19.7 Å². The quantitative estimate of drug-likeness (QED) is 0.739. The molecule has 3 saturated heterocycles. The molecule has 34 heavy (non-hydrogen) atoms. The van der Waals surface area contributed by atoms with E-state index in [1.807, 2.05) is 18.2 Å². The fourth-order valence-corrected chi connectivity index (χ4v) is 6.52. The Hall–Kier alpha value is -2.38. The minimum absolute atomic E-state index is 0.0630. The number of carbonyl (C=O) groups is 2. The Morgan fingerprint density at radius 3 is 2.62 bits per heavy atom. The maximum Gasteiger partial charge on any atom is 0.255 e. The first-order valence-electron chi connectivity index (χ1n) is 12.9. The van der Waals surface area contributed by atoms with Crippen LogP contribution in [-0.2, 0) is 16.1 Å². The molecular weight excluding hydrogens is 430 g/mol. The Kier molecular flexibility index (Phi) is 5.65. The van der Waals surface area contributed by atoms with Crippen molar-refractivity contribution in [2.24, 2.45) is 5.41 Å². The van der Waals surface area contributed by atoms with E-state index >= 15 is 0 Å². The van der Waals surface area contributed by atoms with Crippen molar-refractivity contribution in [3.8, 4) is 5.75 Å². The Bertz CT molecular complexity index is 994. The molecule has 1 aromatic rings. The molecule has 182 valence electrons. The number of ether oxygens (including phenoxy) is 2. The van der Waals surface area contributed by atoms with E-state index in [-0.39, 0.29) is 17.9 Å². The minimum atomic E-state index is -0.430. The number of carbonyl (C=O) groups excluding carboxylic acids is 2. The fourth-order valence-electron chi connectivity index (χ4n) is 6.52. The zero-order valence-corrected chi connectivity index (χ0v) is 19.9. The van der Waals surface area contributed by atoms with Gasteiger partial charge >= 0.3 is 0 Å². The lowest BCUT2D eigenvalue weighted by atomic mass is 9.76. The number of allylic oxidation sites excluding steroid dienone is 1. The van der Waals surface area contributed by atoms with Crippen molar-refractivity contribution in [3.63, 3.8) is 0 Å². The topological polar surface area (TPSA) is 71.1 Å². The second-order valence-electron chi connectivity index (χ2n) is 10.9. The van der Waals surface area contributed by atoms with Crippen molar-refractivity contribution >= 4 is 11.8 Å². The number of rotatable bonds is 4. The summed E-state index contributed by atoms with van der Waals surface area (Å²) < 4.78 is 12.1. The largest absolute Gasteiger partial charge is 0.489 e. The molecule has 1 N–H and O–H groups in total. The first-order chi connectivity index (χ1) is 16.5. The van der Waals surface area contributed by atoms with Gasteiger partial charge in [0.15, 0.2) is 0 Å². The van der Waals surface area contributed by atoms with Gasteiger partial charge in [-0.2, -0.15) is 0 Å². The number of nitrogens with zero attached hydrogens (tertiary/aromatic N) is 2. The molecule has 6 rings (SSSR count). The molecule has 1 aromatic carbocycles. The van der Waals surface area contributed by atoms with E-state index in [4.69, 9.17) is 9.47 Å². The molecule has 1 aliphatic carbocycles. The molecule has 4 fully saturated rings. The fraction of sp³-hybridized carbons (Fsp3) is 0.630. The molecule has 2 amide bonds. The van der Waals surface area contributed by atoms with Crippen LogP contribution in [0.2, 0.25) is 0 Å². The summed E-state index contributed by atoms with van der Waals surface area (Å²) in [5, 5.41) is 2.80. The van der Waals surface area contributed by atoms with Crippen LogP contribution in [0.15, 0.2) is 30.5 Å². The summed E-state index contributed by atoms with van der Waals surface area (Å²) in [7, 11) is 0. The lowest BCUT2D eigenvalue weighted by Gasteiger charge is -2.50. The number of piperidine rings is 2. The highest BCUT2D eigenvalue weighted by Crippen LogP contribution is 2.40. The molecule has 0 bridgehead atoms. The van der Waals surface area contributed by atoms with Crippen molar-refractivity contribution in [3.05, 3.63) is 41.6 Å². The lowest BCUT2D eigenvalue weighted by Crippen LogP contribution is -2.56. The highest BCUT2D eigenvalue weighted by Gasteiger charge is 2.44. The summed E-state index contributed by atoms with van der Waals surface area (Å²) in [5.74, 6) is 0.648. The van der Waals surface area contributed by atoms with E-state index in [0.717, 1.165) is 49.7 Å². The third kappa shape index (κ3) is 3.93. The molecular formula is C27H35N3O4. The average molecular weight is 466 g/mol. The lowest BCUT2D eigenvalue weighted by molar-refractivity contribution is -0.146. The molecule has 0 aromatic heterocycles. The second-order valence-corrected chi connectivity index (χ2v) is 10.9. The summed E-state index contributed by atoms with van der Waals surface area (Å²) in [4.78, 5) is 29.9. The molecule has 4 aliphatic heterocycles. The van der Waals surface area contributed by atoms with Gasteiger partial charge in [-0.3, -0.25) is 14.5 Å². The number of benzene rings is 1. The summed E-state index contributed by atoms with van der Waals surface area (Å²) >= 11 is 0. The molecule has 1 spiro atoms. The number of hydrogen-bond donors (Lipinski definition) is 1. The van der Waals surface area contributed by atoms with E-state index in [1.54, 1.807) is 4.90 Å². The van der Waals surface area contributed by atoms with Crippen LogP contribution in [-0.4, -0.2) is 66.1 Å². The van der Waals surface area contributed by atoms with E-state index in [2.05, 4.69) is 16.8 Å². The molecule has 7 nitrogen and oxygen atoms in total. The minimum Gasteiger partial charge on any atom is -0.489 e. The maximum absolute atomic E-state index is 13.0. The van der Waals surface area contributed by atoms with Gasteiger partial charge in [0, 0.05) is 29.3 Å². The van der Waals surface area contributed by atoms with Crippen LogP contribution < -0.4 is 10.1 Å². The zero-order chi connectivity index (χ0) is 23.3. The van der Waals surface area contributed by atoms with Gasteiger partial charge in [-0.25, -0.2) is 0 Å². The van der Waals surface area contributed by atoms with Gasteiger partial charge in [-0.05, 0) is 81.8 Å². The summed E-state index contributed by atoms with van der Waals surface area (Å²) in [6, 6.07) is 5.87. The first kappa shape index (κ1) is 22.1. The highest BCUT2D eigenvalue weighted by molar-refractivity contribution is 6.01. The number of hydrogen-bond acceptors (Lipinski definition) is 5. The molecule has 1 saturated carbocycles. The average Bonchev–Trinajstić information content (AvgIpc) is 3.14. The molecule has 0 radical (unpaired) electrons. The SMILES string of the molecule is C=C1CCC(N2Cc3cc(O[C@@H]4CCCC[C@H]4N4CCC5(CC4)COC5)ccc3C2=O)C(=O)N1. The number of amides is 2. The maximum atomic E-state index is 13.0. The number of likely N-dealkylation sites (tertiary alicyclic amines) is 1. The Labute approximate surface area is 201 Å². The third-order valence-corrected chi connectivity index (χ3v) is 8.71. The summed E-state index contributed by atoms with van der Waals surface area (Å²) in [5.41, 5.74) is 2.82. The van der Waals surface area contributed by atoms with E-state index in [9.17, 15) is 9.59 Å². The zero-order valence-electron chi connectivity index (χ0n) is 19.9. The van der Waals surface area contributed by atoms with Crippen LogP contribution in [0.4, 0.5) is 0 Å². The van der Waals surface area contributed by atoms with Gasteiger partial charge in [0.2, 0.25) is 5.91 Å². The van der Waals surface area contributed by atoms with Gasteiger partial charge in [0.05, 0.1) is 13.2 Å². The Morgan fingerprint density at radius 1 is 1.09 bits per heavy atom. The molecule has 4 heterocycles. The summed E-state index contributed by atoms with van der Waals surface area (Å²) in [6.07, 6.45) is 8.70. The molecule has 3 atom stereocenters. The predicted molar refractivity (Wildman–Crippen MR) is 127 cm³/mol. The second kappa shape index (κ2) is 8.68. The van der Waals surface area contributed by atoms with Crippen molar-refractivity contribution in [1.82, 2.24) is 15.1 Å². The van der Waals surface area contributed by atoms with E-state index in [0.29, 0.717) is 36.4 Å². The number of nitrogens with one attached hydrogen (secondary N) is 1. The van der Waals surface area contributed by atoms with Gasteiger partial charge in [-0.1, -0.05) is 13.0 Å². The van der Waals surface area contributed by atoms with E-state index in [1.165, 1.54) is 32.1 Å². The van der Waals surface area contributed by atoms with E-state index < -0.39 is 6.04 Å². The predicted octanol–water partition coefficient (Wildman–Crippen LogP) is 3.24. The molecule has 7 heteroatoms. The Morgan fingerprint density at radius 2 is 1.88 bits per heavy atom. The van der Waals surface area contributed by atoms with Crippen LogP contribution >= 0.6 is 0 Å².